The van der Waals surface area contributed by atoms with Crippen LogP contribution in [0.1, 0.15) is 5.56 Å². The molecule has 0 unspecified atom stereocenters. The fourth-order valence-corrected chi connectivity index (χ4v) is 3.36. The summed E-state index contributed by atoms with van der Waals surface area (Å²) < 4.78 is 13.8. The lowest BCUT2D eigenvalue weighted by molar-refractivity contribution is -0.914. The average Bonchev–Trinajstić information content (AvgIpc) is 2.51. The molecule has 22 heavy (non-hydrogen) atoms. The zero-order chi connectivity index (χ0) is 15.5. The first kappa shape index (κ1) is 15.6. The lowest BCUT2D eigenvalue weighted by Gasteiger charge is -2.34. The van der Waals surface area contributed by atoms with Gasteiger partial charge in [-0.3, -0.25) is 0 Å². The maximum atomic E-state index is 13.8. The quantitative estimate of drug-likeness (QED) is 0.903. The number of quaternary nitrogens is 1. The fraction of sp³-hybridized carbons (Fsp3) is 0.294. The summed E-state index contributed by atoms with van der Waals surface area (Å²) in [6.07, 6.45) is 0. The molecular formula is C17H18Cl2FN2+. The second kappa shape index (κ2) is 6.86. The lowest BCUT2D eigenvalue weighted by Crippen LogP contribution is -3.13. The average molecular weight is 340 g/mol. The number of hydrogen-bond acceptors (Lipinski definition) is 1. The molecule has 1 fully saturated rings. The Morgan fingerprint density at radius 3 is 2.45 bits per heavy atom. The van der Waals surface area contributed by atoms with Crippen molar-refractivity contribution in [2.45, 2.75) is 6.54 Å². The molecule has 1 N–H and O–H groups in total. The summed E-state index contributed by atoms with van der Waals surface area (Å²) in [4.78, 5) is 3.57. The van der Waals surface area contributed by atoms with E-state index in [1.165, 1.54) is 11.0 Å². The number of para-hydroxylation sites is 1. The van der Waals surface area contributed by atoms with E-state index in [0.29, 0.717) is 10.7 Å². The highest BCUT2D eigenvalue weighted by atomic mass is 35.5. The Kier molecular flexibility index (Phi) is 4.87. The summed E-state index contributed by atoms with van der Waals surface area (Å²) in [5, 5.41) is 1.38. The minimum absolute atomic E-state index is 0.147. The first-order valence-corrected chi connectivity index (χ1v) is 8.16. The summed E-state index contributed by atoms with van der Waals surface area (Å²) in [5.74, 6) is -0.147. The molecule has 2 aromatic rings. The van der Waals surface area contributed by atoms with Crippen molar-refractivity contribution in [1.29, 1.82) is 0 Å². The number of nitrogens with one attached hydrogen (secondary N) is 1. The molecule has 3 rings (SSSR count). The smallest absolute Gasteiger partial charge is 0.146 e. The second-order valence-electron chi connectivity index (χ2n) is 5.60. The van der Waals surface area contributed by atoms with Crippen LogP contribution in [0.15, 0.2) is 42.5 Å². The molecule has 0 saturated carbocycles. The summed E-state index contributed by atoms with van der Waals surface area (Å²) in [6, 6.07) is 12.6. The number of piperazine rings is 1. The van der Waals surface area contributed by atoms with Crippen molar-refractivity contribution < 1.29 is 9.29 Å². The SMILES string of the molecule is Fc1ccccc1N1CC[NH+](Cc2ccc(Cl)cc2Cl)CC1. The Bertz CT molecular complexity index is 655. The molecular weight excluding hydrogens is 322 g/mol. The van der Waals surface area contributed by atoms with Crippen LogP contribution in [0.2, 0.25) is 10.0 Å². The predicted octanol–water partition coefficient (Wildman–Crippen LogP) is 3.04. The maximum absolute atomic E-state index is 13.8. The minimum atomic E-state index is -0.147. The molecule has 5 heteroatoms. The van der Waals surface area contributed by atoms with Crippen molar-refractivity contribution in [1.82, 2.24) is 0 Å². The lowest BCUT2D eigenvalue weighted by atomic mass is 10.2. The van der Waals surface area contributed by atoms with Crippen LogP contribution in [0.25, 0.3) is 0 Å². The van der Waals surface area contributed by atoms with Gasteiger partial charge in [-0.05, 0) is 24.3 Å². The Balaban J connectivity index is 1.61. The van der Waals surface area contributed by atoms with Crippen LogP contribution in [0.5, 0.6) is 0 Å². The summed E-state index contributed by atoms with van der Waals surface area (Å²) in [6.45, 7) is 4.50. The van der Waals surface area contributed by atoms with Gasteiger partial charge in [-0.25, -0.2) is 4.39 Å². The maximum Gasteiger partial charge on any atom is 0.146 e. The number of hydrogen-bond donors (Lipinski definition) is 1. The number of benzene rings is 2. The van der Waals surface area contributed by atoms with Crippen molar-refractivity contribution in [2.75, 3.05) is 31.1 Å². The zero-order valence-corrected chi connectivity index (χ0v) is 13.7. The third-order valence-electron chi connectivity index (χ3n) is 4.12. The van der Waals surface area contributed by atoms with E-state index < -0.39 is 0 Å². The van der Waals surface area contributed by atoms with E-state index in [1.807, 2.05) is 24.3 Å². The van der Waals surface area contributed by atoms with Gasteiger partial charge < -0.3 is 9.80 Å². The van der Waals surface area contributed by atoms with Gasteiger partial charge in [0.15, 0.2) is 0 Å². The topological polar surface area (TPSA) is 7.68 Å². The van der Waals surface area contributed by atoms with Crippen LogP contribution >= 0.6 is 23.2 Å². The molecule has 0 bridgehead atoms. The molecule has 2 aromatic carbocycles. The van der Waals surface area contributed by atoms with Crippen molar-refractivity contribution in [2.24, 2.45) is 0 Å². The minimum Gasteiger partial charge on any atom is -0.358 e. The monoisotopic (exact) mass is 339 g/mol. The van der Waals surface area contributed by atoms with Gasteiger partial charge in [0.1, 0.15) is 12.4 Å². The normalized spacial score (nSPS) is 16.0. The number of nitrogens with zero attached hydrogens (tertiary/aromatic N) is 1. The molecule has 0 amide bonds. The van der Waals surface area contributed by atoms with Crippen molar-refractivity contribution in [3.63, 3.8) is 0 Å². The van der Waals surface area contributed by atoms with Gasteiger partial charge in [0, 0.05) is 10.6 Å². The Hall–Kier alpha value is -1.29. The van der Waals surface area contributed by atoms with E-state index in [2.05, 4.69) is 4.90 Å². The Morgan fingerprint density at radius 2 is 1.77 bits per heavy atom. The van der Waals surface area contributed by atoms with Gasteiger partial charge >= 0.3 is 0 Å². The first-order chi connectivity index (χ1) is 10.6. The number of anilines is 1. The van der Waals surface area contributed by atoms with Crippen LogP contribution in [-0.2, 0) is 6.54 Å². The highest BCUT2D eigenvalue weighted by molar-refractivity contribution is 6.35. The molecule has 0 atom stereocenters. The van der Waals surface area contributed by atoms with Gasteiger partial charge in [0.25, 0.3) is 0 Å². The second-order valence-corrected chi connectivity index (χ2v) is 6.44. The van der Waals surface area contributed by atoms with Gasteiger partial charge in [0.05, 0.1) is 36.9 Å². The van der Waals surface area contributed by atoms with Crippen LogP contribution in [0.4, 0.5) is 10.1 Å². The van der Waals surface area contributed by atoms with Crippen molar-refractivity contribution >= 4 is 28.9 Å². The molecule has 0 spiro atoms. The van der Waals surface area contributed by atoms with Crippen LogP contribution < -0.4 is 9.80 Å². The third-order valence-corrected chi connectivity index (χ3v) is 4.71. The van der Waals surface area contributed by atoms with Gasteiger partial charge in [-0.15, -0.1) is 0 Å². The van der Waals surface area contributed by atoms with E-state index in [-0.39, 0.29) is 5.82 Å². The molecule has 2 nitrogen and oxygen atoms in total. The molecule has 1 aliphatic heterocycles. The molecule has 0 aliphatic carbocycles. The van der Waals surface area contributed by atoms with Crippen molar-refractivity contribution in [3.8, 4) is 0 Å². The zero-order valence-electron chi connectivity index (χ0n) is 12.2. The molecule has 1 aliphatic rings. The third kappa shape index (κ3) is 3.54. The molecule has 1 heterocycles. The van der Waals surface area contributed by atoms with Gasteiger partial charge in [-0.2, -0.15) is 0 Å². The largest absolute Gasteiger partial charge is 0.358 e. The van der Waals surface area contributed by atoms with Crippen molar-refractivity contribution in [3.05, 3.63) is 63.9 Å². The highest BCUT2D eigenvalue weighted by Gasteiger charge is 2.22. The predicted molar refractivity (Wildman–Crippen MR) is 89.5 cm³/mol. The standard InChI is InChI=1S/C17H17Cl2FN2/c18-14-6-5-13(15(19)11-14)12-21-7-9-22(10-8-21)17-4-2-1-3-16(17)20/h1-6,11H,7-10,12H2/p+1. The number of rotatable bonds is 3. The summed E-state index contributed by atoms with van der Waals surface area (Å²) in [5.41, 5.74) is 1.81. The van der Waals surface area contributed by atoms with Crippen LogP contribution in [-0.4, -0.2) is 26.2 Å². The van der Waals surface area contributed by atoms with E-state index >= 15 is 0 Å². The highest BCUT2D eigenvalue weighted by Crippen LogP contribution is 2.21. The fourth-order valence-electron chi connectivity index (χ4n) is 2.88. The molecule has 0 radical (unpaired) electrons. The molecule has 0 aromatic heterocycles. The molecule has 116 valence electrons. The Morgan fingerprint density at radius 1 is 1.05 bits per heavy atom. The molecule has 1 saturated heterocycles. The van der Waals surface area contributed by atoms with Gasteiger partial charge in [0.2, 0.25) is 0 Å². The number of halogens is 3. The van der Waals surface area contributed by atoms with Crippen LogP contribution in [0, 0.1) is 5.82 Å². The van der Waals surface area contributed by atoms with E-state index in [1.54, 1.807) is 12.1 Å². The van der Waals surface area contributed by atoms with E-state index in [0.717, 1.165) is 43.3 Å². The first-order valence-electron chi connectivity index (χ1n) is 7.40. The Labute approximate surface area is 140 Å². The van der Waals surface area contributed by atoms with Gasteiger partial charge in [-0.1, -0.05) is 41.4 Å². The van der Waals surface area contributed by atoms with E-state index in [9.17, 15) is 4.39 Å². The summed E-state index contributed by atoms with van der Waals surface area (Å²) in [7, 11) is 0. The van der Waals surface area contributed by atoms with Crippen LogP contribution in [0.3, 0.4) is 0 Å². The van der Waals surface area contributed by atoms with E-state index in [4.69, 9.17) is 23.2 Å². The summed E-state index contributed by atoms with van der Waals surface area (Å²) >= 11 is 12.2.